The van der Waals surface area contributed by atoms with E-state index in [1.165, 1.54) is 0 Å². The van der Waals surface area contributed by atoms with Gasteiger partial charge >= 0.3 is 0 Å². The van der Waals surface area contributed by atoms with Gasteiger partial charge in [-0.05, 0) is 43.5 Å². The average Bonchev–Trinajstić information content (AvgIpc) is 3.00. The molecule has 0 radical (unpaired) electrons. The van der Waals surface area contributed by atoms with Gasteiger partial charge in [0.1, 0.15) is 0 Å². The second-order valence-electron chi connectivity index (χ2n) is 4.99. The minimum Gasteiger partial charge on any atom is -0.339 e. The minimum atomic E-state index is -0.175. The van der Waals surface area contributed by atoms with Gasteiger partial charge in [-0.3, -0.25) is 9.59 Å². The van der Waals surface area contributed by atoms with Crippen LogP contribution in [0, 0.1) is 0 Å². The molecule has 0 saturated carbocycles. The Balaban J connectivity index is 2.00. The molecule has 0 bridgehead atoms. The van der Waals surface area contributed by atoms with Crippen molar-refractivity contribution in [3.8, 4) is 0 Å². The number of likely N-dealkylation sites (tertiary alicyclic amines) is 1. The van der Waals surface area contributed by atoms with Crippen LogP contribution in [0.25, 0.3) is 0 Å². The Kier molecular flexibility index (Phi) is 4.56. The number of carbonyl (C=O) groups excluding carboxylic acids is 2. The molecule has 20 heavy (non-hydrogen) atoms. The van der Waals surface area contributed by atoms with Crippen molar-refractivity contribution in [1.82, 2.24) is 4.90 Å². The molecule has 2 amide bonds. The summed E-state index contributed by atoms with van der Waals surface area (Å²) in [5.41, 5.74) is 1.89. The fraction of sp³-hybridized carbons (Fsp3) is 0.375. The van der Waals surface area contributed by atoms with Crippen molar-refractivity contribution >= 4 is 17.5 Å². The van der Waals surface area contributed by atoms with E-state index < -0.39 is 0 Å². The molecule has 0 spiro atoms. The molecule has 1 aliphatic heterocycles. The first-order valence-electron chi connectivity index (χ1n) is 7.00. The third-order valence-electron chi connectivity index (χ3n) is 3.53. The summed E-state index contributed by atoms with van der Waals surface area (Å²) >= 11 is 0. The lowest BCUT2D eigenvalue weighted by Crippen LogP contribution is -2.27. The monoisotopic (exact) mass is 272 g/mol. The van der Waals surface area contributed by atoms with Gasteiger partial charge in [0.15, 0.2) is 0 Å². The summed E-state index contributed by atoms with van der Waals surface area (Å²) in [6, 6.07) is 7.02. The fourth-order valence-electron chi connectivity index (χ4n) is 2.18. The first-order valence-corrected chi connectivity index (χ1v) is 7.00. The summed E-state index contributed by atoms with van der Waals surface area (Å²) in [5, 5.41) is 2.76. The van der Waals surface area contributed by atoms with E-state index in [1.54, 1.807) is 24.3 Å². The van der Waals surface area contributed by atoms with E-state index in [2.05, 4.69) is 11.9 Å². The summed E-state index contributed by atoms with van der Waals surface area (Å²) in [6.07, 6.45) is 2.79. The maximum absolute atomic E-state index is 12.2. The molecule has 0 aromatic heterocycles. The van der Waals surface area contributed by atoms with Crippen molar-refractivity contribution in [3.63, 3.8) is 0 Å². The molecule has 1 saturated heterocycles. The summed E-state index contributed by atoms with van der Waals surface area (Å²) in [7, 11) is 0. The van der Waals surface area contributed by atoms with Crippen LogP contribution < -0.4 is 5.32 Å². The van der Waals surface area contributed by atoms with E-state index in [4.69, 9.17) is 0 Å². The van der Waals surface area contributed by atoms with Crippen molar-refractivity contribution in [3.05, 3.63) is 42.0 Å². The van der Waals surface area contributed by atoms with E-state index in [0.29, 0.717) is 23.2 Å². The van der Waals surface area contributed by atoms with Crippen molar-refractivity contribution in [1.29, 1.82) is 0 Å². The van der Waals surface area contributed by atoms with Crippen LogP contribution in [0.3, 0.4) is 0 Å². The smallest absolute Gasteiger partial charge is 0.253 e. The van der Waals surface area contributed by atoms with Crippen LogP contribution in [0.15, 0.2) is 36.4 Å². The van der Waals surface area contributed by atoms with Crippen LogP contribution in [0.1, 0.15) is 36.5 Å². The Morgan fingerprint density at radius 3 is 2.35 bits per heavy atom. The zero-order valence-corrected chi connectivity index (χ0v) is 11.8. The lowest BCUT2D eigenvalue weighted by atomic mass is 10.1. The van der Waals surface area contributed by atoms with Crippen molar-refractivity contribution in [2.45, 2.75) is 26.2 Å². The van der Waals surface area contributed by atoms with Crippen LogP contribution >= 0.6 is 0 Å². The molecule has 1 aromatic rings. The molecule has 1 aromatic carbocycles. The summed E-state index contributed by atoms with van der Waals surface area (Å²) in [5.74, 6) is -0.107. The Bertz CT molecular complexity index is 514. The highest BCUT2D eigenvalue weighted by molar-refractivity contribution is 6.03. The molecular weight excluding hydrogens is 252 g/mol. The third-order valence-corrected chi connectivity index (χ3v) is 3.53. The van der Waals surface area contributed by atoms with Gasteiger partial charge in [-0.1, -0.05) is 13.5 Å². The minimum absolute atomic E-state index is 0.0679. The number of benzene rings is 1. The topological polar surface area (TPSA) is 49.4 Å². The second kappa shape index (κ2) is 6.37. The van der Waals surface area contributed by atoms with Gasteiger partial charge in [0.05, 0.1) is 0 Å². The van der Waals surface area contributed by atoms with Crippen LogP contribution in [0.2, 0.25) is 0 Å². The summed E-state index contributed by atoms with van der Waals surface area (Å²) < 4.78 is 0. The van der Waals surface area contributed by atoms with Crippen LogP contribution in [0.4, 0.5) is 5.69 Å². The van der Waals surface area contributed by atoms with Crippen molar-refractivity contribution in [2.75, 3.05) is 18.4 Å². The zero-order chi connectivity index (χ0) is 14.5. The SMILES string of the molecule is C=C(CC)C(=O)Nc1ccc(C(=O)N2CCCC2)cc1. The number of anilines is 1. The van der Waals surface area contributed by atoms with E-state index in [0.717, 1.165) is 25.9 Å². The third kappa shape index (κ3) is 3.26. The molecule has 1 aliphatic rings. The van der Waals surface area contributed by atoms with Gasteiger partial charge in [-0.25, -0.2) is 0 Å². The number of rotatable bonds is 4. The molecule has 0 atom stereocenters. The molecule has 4 heteroatoms. The maximum Gasteiger partial charge on any atom is 0.253 e. The highest BCUT2D eigenvalue weighted by atomic mass is 16.2. The number of carbonyl (C=O) groups is 2. The highest BCUT2D eigenvalue weighted by Gasteiger charge is 2.19. The Labute approximate surface area is 119 Å². The van der Waals surface area contributed by atoms with Gasteiger partial charge in [0, 0.05) is 29.9 Å². The first-order chi connectivity index (χ1) is 9.61. The van der Waals surface area contributed by atoms with Gasteiger partial charge in [-0.15, -0.1) is 0 Å². The standard InChI is InChI=1S/C16H20N2O2/c1-3-12(2)15(19)17-14-8-6-13(7-9-14)16(20)18-10-4-5-11-18/h6-9H,2-5,10-11H2,1H3,(H,17,19). The maximum atomic E-state index is 12.2. The molecule has 4 nitrogen and oxygen atoms in total. The first kappa shape index (κ1) is 14.3. The summed E-state index contributed by atoms with van der Waals surface area (Å²) in [4.78, 5) is 25.7. The van der Waals surface area contributed by atoms with Gasteiger partial charge in [-0.2, -0.15) is 0 Å². The molecule has 0 aliphatic carbocycles. The number of hydrogen-bond donors (Lipinski definition) is 1. The van der Waals surface area contributed by atoms with Gasteiger partial charge in [0.2, 0.25) is 0 Å². The lowest BCUT2D eigenvalue weighted by Gasteiger charge is -2.15. The molecule has 0 unspecified atom stereocenters. The number of amides is 2. The molecule has 1 fully saturated rings. The molecule has 2 rings (SSSR count). The van der Waals surface area contributed by atoms with E-state index in [1.807, 2.05) is 11.8 Å². The van der Waals surface area contributed by atoms with E-state index >= 15 is 0 Å². The predicted octanol–water partition coefficient (Wildman–Crippen LogP) is 2.83. The molecule has 106 valence electrons. The number of hydrogen-bond acceptors (Lipinski definition) is 2. The largest absolute Gasteiger partial charge is 0.339 e. The van der Waals surface area contributed by atoms with E-state index in [9.17, 15) is 9.59 Å². The molecule has 1 N–H and O–H groups in total. The van der Waals surface area contributed by atoms with E-state index in [-0.39, 0.29) is 11.8 Å². The van der Waals surface area contributed by atoms with Crippen LogP contribution in [-0.4, -0.2) is 29.8 Å². The van der Waals surface area contributed by atoms with Crippen molar-refractivity contribution in [2.24, 2.45) is 0 Å². The Morgan fingerprint density at radius 1 is 1.20 bits per heavy atom. The summed E-state index contributed by atoms with van der Waals surface area (Å²) in [6.45, 7) is 7.26. The highest BCUT2D eigenvalue weighted by Crippen LogP contribution is 2.16. The van der Waals surface area contributed by atoms with Crippen LogP contribution in [-0.2, 0) is 4.79 Å². The average molecular weight is 272 g/mol. The predicted molar refractivity (Wildman–Crippen MR) is 79.6 cm³/mol. The molecule has 1 heterocycles. The fourth-order valence-corrected chi connectivity index (χ4v) is 2.18. The number of nitrogens with zero attached hydrogens (tertiary/aromatic N) is 1. The zero-order valence-electron chi connectivity index (χ0n) is 11.8. The molecular formula is C16H20N2O2. The quantitative estimate of drug-likeness (QED) is 0.857. The van der Waals surface area contributed by atoms with Crippen LogP contribution in [0.5, 0.6) is 0 Å². The van der Waals surface area contributed by atoms with Gasteiger partial charge in [0.25, 0.3) is 11.8 Å². The van der Waals surface area contributed by atoms with Crippen molar-refractivity contribution < 1.29 is 9.59 Å². The lowest BCUT2D eigenvalue weighted by molar-refractivity contribution is -0.112. The second-order valence-corrected chi connectivity index (χ2v) is 4.99. The number of nitrogens with one attached hydrogen (secondary N) is 1. The Hall–Kier alpha value is -2.10. The Morgan fingerprint density at radius 2 is 1.80 bits per heavy atom. The van der Waals surface area contributed by atoms with Gasteiger partial charge < -0.3 is 10.2 Å². The normalized spacial score (nSPS) is 14.2.